The standard InChI is InChI=1S/C22H17N5O2S2/c28-19(9-8-15-5-2-1-3-6-15)26-21-24-17(13-30-21)11-20(29)27-22-25-18(14-31-22)16-7-4-10-23-12-16/h1-10,12-14H,11H2,(H,24,26,28)(H,25,27,29). The van der Waals surface area contributed by atoms with Gasteiger partial charge in [0.1, 0.15) is 0 Å². The smallest absolute Gasteiger partial charge is 0.250 e. The minimum absolute atomic E-state index is 0.0913. The van der Waals surface area contributed by atoms with E-state index in [1.165, 1.54) is 28.7 Å². The van der Waals surface area contributed by atoms with Gasteiger partial charge in [-0.3, -0.25) is 19.9 Å². The van der Waals surface area contributed by atoms with Gasteiger partial charge in [0.25, 0.3) is 0 Å². The summed E-state index contributed by atoms with van der Waals surface area (Å²) < 4.78 is 0. The Balaban J connectivity index is 1.29. The number of nitrogens with one attached hydrogen (secondary N) is 2. The van der Waals surface area contributed by atoms with Gasteiger partial charge in [-0.25, -0.2) is 9.97 Å². The molecule has 0 radical (unpaired) electrons. The summed E-state index contributed by atoms with van der Waals surface area (Å²) in [7, 11) is 0. The van der Waals surface area contributed by atoms with Gasteiger partial charge >= 0.3 is 0 Å². The lowest BCUT2D eigenvalue weighted by Gasteiger charge is -2.00. The van der Waals surface area contributed by atoms with Gasteiger partial charge in [0, 0.05) is 34.8 Å². The van der Waals surface area contributed by atoms with Crippen LogP contribution in [-0.2, 0) is 16.0 Å². The topological polar surface area (TPSA) is 96.9 Å². The fourth-order valence-corrected chi connectivity index (χ4v) is 4.08. The van der Waals surface area contributed by atoms with Gasteiger partial charge in [-0.05, 0) is 23.8 Å². The summed E-state index contributed by atoms with van der Waals surface area (Å²) in [6.45, 7) is 0. The summed E-state index contributed by atoms with van der Waals surface area (Å²) in [5, 5.41) is 10.1. The van der Waals surface area contributed by atoms with Crippen molar-refractivity contribution in [3.63, 3.8) is 0 Å². The van der Waals surface area contributed by atoms with Crippen LogP contribution in [0.15, 0.2) is 71.7 Å². The fourth-order valence-electron chi connectivity index (χ4n) is 2.63. The molecule has 2 amide bonds. The van der Waals surface area contributed by atoms with Crippen LogP contribution in [0.25, 0.3) is 17.3 Å². The summed E-state index contributed by atoms with van der Waals surface area (Å²) in [5.74, 6) is -0.501. The summed E-state index contributed by atoms with van der Waals surface area (Å²) in [6.07, 6.45) is 6.69. The Kier molecular flexibility index (Phi) is 6.56. The molecule has 31 heavy (non-hydrogen) atoms. The number of thiazole rings is 2. The predicted molar refractivity (Wildman–Crippen MR) is 124 cm³/mol. The van der Waals surface area contributed by atoms with E-state index in [4.69, 9.17) is 0 Å². The first-order chi connectivity index (χ1) is 15.2. The number of anilines is 2. The lowest BCUT2D eigenvalue weighted by Crippen LogP contribution is -2.14. The lowest BCUT2D eigenvalue weighted by atomic mass is 10.2. The Labute approximate surface area is 186 Å². The van der Waals surface area contributed by atoms with Crippen LogP contribution in [0.2, 0.25) is 0 Å². The molecule has 1 aromatic carbocycles. The van der Waals surface area contributed by atoms with E-state index < -0.39 is 0 Å². The Morgan fingerprint density at radius 1 is 0.935 bits per heavy atom. The molecule has 4 aromatic rings. The first-order valence-electron chi connectivity index (χ1n) is 9.30. The molecule has 0 aliphatic rings. The molecule has 0 atom stereocenters. The fraction of sp³-hybridized carbons (Fsp3) is 0.0455. The lowest BCUT2D eigenvalue weighted by molar-refractivity contribution is -0.115. The number of hydrogen-bond acceptors (Lipinski definition) is 7. The Morgan fingerprint density at radius 3 is 2.55 bits per heavy atom. The highest BCUT2D eigenvalue weighted by atomic mass is 32.1. The number of pyridine rings is 1. The quantitative estimate of drug-likeness (QED) is 0.407. The van der Waals surface area contributed by atoms with Crippen LogP contribution in [0.5, 0.6) is 0 Å². The van der Waals surface area contributed by atoms with E-state index in [0.29, 0.717) is 16.0 Å². The SMILES string of the molecule is O=C(C=Cc1ccccc1)Nc1nc(CC(=O)Nc2nc(-c3cccnc3)cs2)cs1. The molecule has 3 aromatic heterocycles. The molecule has 9 heteroatoms. The van der Waals surface area contributed by atoms with E-state index in [1.54, 1.807) is 23.8 Å². The molecule has 0 unspecified atom stereocenters. The molecule has 3 heterocycles. The van der Waals surface area contributed by atoms with Crippen molar-refractivity contribution >= 4 is 50.8 Å². The Bertz CT molecular complexity index is 1200. The maximum absolute atomic E-state index is 12.3. The summed E-state index contributed by atoms with van der Waals surface area (Å²) in [6, 6.07) is 13.3. The Hall–Kier alpha value is -3.69. The van der Waals surface area contributed by atoms with Crippen molar-refractivity contribution in [2.75, 3.05) is 10.6 Å². The first kappa shape index (κ1) is 20.6. The highest BCUT2D eigenvalue weighted by Gasteiger charge is 2.12. The molecule has 0 bridgehead atoms. The normalized spacial score (nSPS) is 10.8. The van der Waals surface area contributed by atoms with E-state index >= 15 is 0 Å². The summed E-state index contributed by atoms with van der Waals surface area (Å²) >= 11 is 2.62. The molecule has 0 spiro atoms. The molecular formula is C22H17N5O2S2. The highest BCUT2D eigenvalue weighted by molar-refractivity contribution is 7.14. The van der Waals surface area contributed by atoms with E-state index in [2.05, 4.69) is 25.6 Å². The summed E-state index contributed by atoms with van der Waals surface area (Å²) in [5.41, 5.74) is 3.16. The number of nitrogens with zero attached hydrogens (tertiary/aromatic N) is 3. The molecule has 0 aliphatic carbocycles. The third kappa shape index (κ3) is 5.91. The third-order valence-corrected chi connectivity index (χ3v) is 5.62. The second-order valence-electron chi connectivity index (χ2n) is 6.38. The maximum Gasteiger partial charge on any atom is 0.250 e. The van der Waals surface area contributed by atoms with Crippen LogP contribution in [-0.4, -0.2) is 26.8 Å². The van der Waals surface area contributed by atoms with Gasteiger partial charge in [0.15, 0.2) is 10.3 Å². The minimum atomic E-state index is -0.278. The van der Waals surface area contributed by atoms with E-state index in [-0.39, 0.29) is 18.2 Å². The van der Waals surface area contributed by atoms with Crippen molar-refractivity contribution in [2.45, 2.75) is 6.42 Å². The van der Waals surface area contributed by atoms with Crippen LogP contribution in [0.1, 0.15) is 11.3 Å². The van der Waals surface area contributed by atoms with E-state index in [9.17, 15) is 9.59 Å². The van der Waals surface area contributed by atoms with Gasteiger partial charge in [0.05, 0.1) is 17.8 Å². The number of carbonyl (C=O) groups is 2. The number of amides is 2. The van der Waals surface area contributed by atoms with Crippen molar-refractivity contribution < 1.29 is 9.59 Å². The number of aromatic nitrogens is 3. The molecule has 4 rings (SSSR count). The predicted octanol–water partition coefficient (Wildman–Crippen LogP) is 4.49. The van der Waals surface area contributed by atoms with Crippen molar-refractivity contribution in [3.05, 3.63) is 83.0 Å². The molecule has 0 saturated heterocycles. The Morgan fingerprint density at radius 2 is 1.74 bits per heavy atom. The largest absolute Gasteiger partial charge is 0.302 e. The van der Waals surface area contributed by atoms with Gasteiger partial charge in [0.2, 0.25) is 11.8 Å². The zero-order valence-electron chi connectivity index (χ0n) is 16.2. The zero-order chi connectivity index (χ0) is 21.5. The van der Waals surface area contributed by atoms with Crippen molar-refractivity contribution in [2.24, 2.45) is 0 Å². The molecule has 7 nitrogen and oxygen atoms in total. The van der Waals surface area contributed by atoms with E-state index in [1.807, 2.05) is 47.8 Å². The average Bonchev–Trinajstić information content (AvgIpc) is 3.43. The van der Waals surface area contributed by atoms with Crippen molar-refractivity contribution in [3.8, 4) is 11.3 Å². The van der Waals surface area contributed by atoms with Crippen LogP contribution in [0.4, 0.5) is 10.3 Å². The molecular weight excluding hydrogens is 430 g/mol. The van der Waals surface area contributed by atoms with Gasteiger partial charge in [-0.2, -0.15) is 0 Å². The molecule has 154 valence electrons. The molecule has 2 N–H and O–H groups in total. The third-order valence-electron chi connectivity index (χ3n) is 4.06. The molecule has 0 aliphatic heterocycles. The minimum Gasteiger partial charge on any atom is -0.302 e. The highest BCUT2D eigenvalue weighted by Crippen LogP contribution is 2.24. The van der Waals surface area contributed by atoms with Crippen LogP contribution in [0, 0.1) is 0 Å². The number of benzene rings is 1. The maximum atomic E-state index is 12.3. The number of hydrogen-bond donors (Lipinski definition) is 2. The molecule has 0 saturated carbocycles. The zero-order valence-corrected chi connectivity index (χ0v) is 17.8. The van der Waals surface area contributed by atoms with Crippen molar-refractivity contribution in [1.29, 1.82) is 0 Å². The number of rotatable bonds is 7. The van der Waals surface area contributed by atoms with Crippen LogP contribution >= 0.6 is 22.7 Å². The van der Waals surface area contributed by atoms with Crippen LogP contribution < -0.4 is 10.6 Å². The van der Waals surface area contributed by atoms with Gasteiger partial charge < -0.3 is 5.32 Å². The molecule has 0 fully saturated rings. The van der Waals surface area contributed by atoms with Crippen LogP contribution in [0.3, 0.4) is 0 Å². The average molecular weight is 448 g/mol. The second kappa shape index (κ2) is 9.88. The van der Waals surface area contributed by atoms with Crippen molar-refractivity contribution in [1.82, 2.24) is 15.0 Å². The van der Waals surface area contributed by atoms with Gasteiger partial charge in [-0.15, -0.1) is 22.7 Å². The number of carbonyl (C=O) groups excluding carboxylic acids is 2. The summed E-state index contributed by atoms with van der Waals surface area (Å²) in [4.78, 5) is 37.2. The second-order valence-corrected chi connectivity index (χ2v) is 8.10. The monoisotopic (exact) mass is 447 g/mol. The first-order valence-corrected chi connectivity index (χ1v) is 11.1. The van der Waals surface area contributed by atoms with E-state index in [0.717, 1.165) is 16.8 Å². The van der Waals surface area contributed by atoms with Gasteiger partial charge in [-0.1, -0.05) is 30.3 Å².